The quantitative estimate of drug-likeness (QED) is 0.791. The number of carbonyl (C=O) groups is 1. The van der Waals surface area contributed by atoms with Gasteiger partial charge in [0.15, 0.2) is 5.78 Å². The van der Waals surface area contributed by atoms with Crippen LogP contribution in [0.2, 0.25) is 0 Å². The van der Waals surface area contributed by atoms with Crippen LogP contribution in [-0.4, -0.2) is 42.5 Å². The predicted molar refractivity (Wildman–Crippen MR) is 81.3 cm³/mol. The summed E-state index contributed by atoms with van der Waals surface area (Å²) < 4.78 is 5.69. The summed E-state index contributed by atoms with van der Waals surface area (Å²) in [5.41, 5.74) is 3.05. The number of hydrogen-bond donors (Lipinski definition) is 0. The molecule has 0 amide bonds. The molecule has 110 valence electrons. The highest BCUT2D eigenvalue weighted by Crippen LogP contribution is 2.17. The lowest BCUT2D eigenvalue weighted by atomic mass is 10.0. The Hall–Kier alpha value is -1.19. The van der Waals surface area contributed by atoms with Gasteiger partial charge >= 0.3 is 0 Å². The molecule has 0 bridgehead atoms. The van der Waals surface area contributed by atoms with Crippen LogP contribution in [0.4, 0.5) is 0 Å². The highest BCUT2D eigenvalue weighted by Gasteiger charge is 2.27. The van der Waals surface area contributed by atoms with Crippen molar-refractivity contribution in [2.24, 2.45) is 0 Å². The molecule has 1 heterocycles. The maximum Gasteiger partial charge on any atom is 0.164 e. The second-order valence-electron chi connectivity index (χ2n) is 6.43. The number of Topliss-reactive ketones (excluding diaryl/α,β-unsaturated/α-hetero) is 1. The second kappa shape index (κ2) is 6.06. The van der Waals surface area contributed by atoms with Crippen molar-refractivity contribution in [2.75, 3.05) is 26.2 Å². The first-order chi connectivity index (χ1) is 9.35. The minimum Gasteiger partial charge on any atom is -0.373 e. The number of ketones is 1. The van der Waals surface area contributed by atoms with Crippen LogP contribution in [0.25, 0.3) is 0 Å². The molecule has 0 radical (unpaired) electrons. The van der Waals surface area contributed by atoms with E-state index in [0.717, 1.165) is 42.9 Å². The van der Waals surface area contributed by atoms with Gasteiger partial charge in [0.2, 0.25) is 0 Å². The molecule has 20 heavy (non-hydrogen) atoms. The third-order valence-corrected chi connectivity index (χ3v) is 3.70. The van der Waals surface area contributed by atoms with Gasteiger partial charge in [-0.1, -0.05) is 17.2 Å². The average Bonchev–Trinajstić information content (AvgIpc) is 2.33. The number of aryl methyl sites for hydroxylation is 2. The number of hydrogen-bond acceptors (Lipinski definition) is 3. The van der Waals surface area contributed by atoms with Gasteiger partial charge in [0.25, 0.3) is 0 Å². The zero-order chi connectivity index (χ0) is 14.8. The molecule has 0 spiro atoms. The first kappa shape index (κ1) is 15.2. The minimum atomic E-state index is -0.0960. The largest absolute Gasteiger partial charge is 0.373 e. The number of carbonyl (C=O) groups excluding carboxylic acids is 1. The summed E-state index contributed by atoms with van der Waals surface area (Å²) in [7, 11) is 0. The molecule has 0 atom stereocenters. The standard InChI is InChI=1S/C17H25NO2/c1-13-9-14(2)11-15(10-13)16(19)5-6-18-7-8-20-17(3,4)12-18/h9-11H,5-8,12H2,1-4H3. The van der Waals surface area contributed by atoms with Crippen LogP contribution in [-0.2, 0) is 4.74 Å². The summed E-state index contributed by atoms with van der Waals surface area (Å²) in [5, 5.41) is 0. The molecule has 1 fully saturated rings. The minimum absolute atomic E-state index is 0.0960. The Morgan fingerprint density at radius 1 is 1.25 bits per heavy atom. The van der Waals surface area contributed by atoms with Crippen molar-refractivity contribution in [1.29, 1.82) is 0 Å². The molecular weight excluding hydrogens is 250 g/mol. The molecule has 1 saturated heterocycles. The number of ether oxygens (including phenoxy) is 1. The molecule has 2 rings (SSSR count). The summed E-state index contributed by atoms with van der Waals surface area (Å²) in [6, 6.07) is 6.07. The van der Waals surface area contributed by atoms with E-state index >= 15 is 0 Å². The van der Waals surface area contributed by atoms with E-state index in [0.29, 0.717) is 6.42 Å². The number of morpholine rings is 1. The van der Waals surface area contributed by atoms with Gasteiger partial charge in [-0.2, -0.15) is 0 Å². The van der Waals surface area contributed by atoms with E-state index in [1.54, 1.807) is 0 Å². The van der Waals surface area contributed by atoms with Gasteiger partial charge in [0.1, 0.15) is 0 Å². The van der Waals surface area contributed by atoms with Crippen molar-refractivity contribution < 1.29 is 9.53 Å². The maximum absolute atomic E-state index is 12.3. The van der Waals surface area contributed by atoms with E-state index in [9.17, 15) is 4.79 Å². The van der Waals surface area contributed by atoms with Gasteiger partial charge in [0, 0.05) is 31.6 Å². The number of rotatable bonds is 4. The molecule has 1 aliphatic rings. The SMILES string of the molecule is Cc1cc(C)cc(C(=O)CCN2CCOC(C)(C)C2)c1. The highest BCUT2D eigenvalue weighted by atomic mass is 16.5. The average molecular weight is 275 g/mol. The second-order valence-corrected chi connectivity index (χ2v) is 6.43. The zero-order valence-electron chi connectivity index (χ0n) is 13.0. The van der Waals surface area contributed by atoms with Gasteiger partial charge in [-0.25, -0.2) is 0 Å². The third-order valence-electron chi connectivity index (χ3n) is 3.70. The van der Waals surface area contributed by atoms with Crippen LogP contribution in [0.15, 0.2) is 18.2 Å². The van der Waals surface area contributed by atoms with Crippen molar-refractivity contribution in [2.45, 2.75) is 39.7 Å². The summed E-state index contributed by atoms with van der Waals surface area (Å²) in [6.07, 6.45) is 0.582. The van der Waals surface area contributed by atoms with E-state index in [2.05, 4.69) is 24.8 Å². The maximum atomic E-state index is 12.3. The lowest BCUT2D eigenvalue weighted by Gasteiger charge is -2.38. The van der Waals surface area contributed by atoms with Gasteiger partial charge in [0.05, 0.1) is 12.2 Å². The normalized spacial score (nSPS) is 19.0. The fraction of sp³-hybridized carbons (Fsp3) is 0.588. The van der Waals surface area contributed by atoms with E-state index in [-0.39, 0.29) is 11.4 Å². The topological polar surface area (TPSA) is 29.5 Å². The van der Waals surface area contributed by atoms with E-state index in [1.807, 2.05) is 26.0 Å². The van der Waals surface area contributed by atoms with Gasteiger partial charge < -0.3 is 4.74 Å². The van der Waals surface area contributed by atoms with E-state index in [1.165, 1.54) is 0 Å². The smallest absolute Gasteiger partial charge is 0.164 e. The van der Waals surface area contributed by atoms with Crippen molar-refractivity contribution in [3.8, 4) is 0 Å². The Balaban J connectivity index is 1.92. The Labute approximate surface area is 121 Å². The molecule has 0 unspecified atom stereocenters. The summed E-state index contributed by atoms with van der Waals surface area (Å²) in [6.45, 7) is 11.7. The van der Waals surface area contributed by atoms with Crippen molar-refractivity contribution in [3.05, 3.63) is 34.9 Å². The Bertz CT molecular complexity index is 474. The fourth-order valence-electron chi connectivity index (χ4n) is 2.84. The molecule has 0 N–H and O–H groups in total. The summed E-state index contributed by atoms with van der Waals surface area (Å²) in [5.74, 6) is 0.237. The van der Waals surface area contributed by atoms with Crippen molar-refractivity contribution in [3.63, 3.8) is 0 Å². The van der Waals surface area contributed by atoms with Crippen LogP contribution in [0.1, 0.15) is 41.8 Å². The van der Waals surface area contributed by atoms with Crippen LogP contribution in [0, 0.1) is 13.8 Å². The first-order valence-corrected chi connectivity index (χ1v) is 7.33. The molecule has 1 aromatic carbocycles. The van der Waals surface area contributed by atoms with Crippen molar-refractivity contribution >= 4 is 5.78 Å². The Morgan fingerprint density at radius 2 is 1.90 bits per heavy atom. The van der Waals surface area contributed by atoms with Gasteiger partial charge in [-0.05, 0) is 39.8 Å². The zero-order valence-corrected chi connectivity index (χ0v) is 13.0. The van der Waals surface area contributed by atoms with Gasteiger partial charge in [-0.3, -0.25) is 9.69 Å². The van der Waals surface area contributed by atoms with Crippen LogP contribution in [0.5, 0.6) is 0 Å². The Morgan fingerprint density at radius 3 is 2.50 bits per heavy atom. The summed E-state index contributed by atoms with van der Waals surface area (Å²) >= 11 is 0. The molecule has 1 aromatic rings. The van der Waals surface area contributed by atoms with E-state index < -0.39 is 0 Å². The molecule has 3 heteroatoms. The van der Waals surface area contributed by atoms with Crippen LogP contribution < -0.4 is 0 Å². The monoisotopic (exact) mass is 275 g/mol. The molecular formula is C17H25NO2. The van der Waals surface area contributed by atoms with Gasteiger partial charge in [-0.15, -0.1) is 0 Å². The fourth-order valence-corrected chi connectivity index (χ4v) is 2.84. The molecule has 0 aromatic heterocycles. The number of benzene rings is 1. The molecule has 0 saturated carbocycles. The lowest BCUT2D eigenvalue weighted by Crippen LogP contribution is -2.48. The van der Waals surface area contributed by atoms with Crippen LogP contribution >= 0.6 is 0 Å². The predicted octanol–water partition coefficient (Wildman–Crippen LogP) is 2.99. The van der Waals surface area contributed by atoms with Crippen LogP contribution in [0.3, 0.4) is 0 Å². The molecule has 3 nitrogen and oxygen atoms in total. The summed E-state index contributed by atoms with van der Waals surface area (Å²) in [4.78, 5) is 14.6. The lowest BCUT2D eigenvalue weighted by molar-refractivity contribution is -0.0855. The molecule has 1 aliphatic heterocycles. The Kier molecular flexibility index (Phi) is 4.61. The van der Waals surface area contributed by atoms with Crippen molar-refractivity contribution in [1.82, 2.24) is 4.90 Å². The molecule has 0 aliphatic carbocycles. The van der Waals surface area contributed by atoms with E-state index in [4.69, 9.17) is 4.74 Å². The first-order valence-electron chi connectivity index (χ1n) is 7.33. The number of nitrogens with zero attached hydrogens (tertiary/aromatic N) is 1. The highest BCUT2D eigenvalue weighted by molar-refractivity contribution is 5.96. The third kappa shape index (κ3) is 4.15.